The van der Waals surface area contributed by atoms with Gasteiger partial charge in [-0.15, -0.1) is 0 Å². The first-order chi connectivity index (χ1) is 7.54. The molecule has 1 N–H and O–H groups in total. The van der Waals surface area contributed by atoms with Gasteiger partial charge in [0.1, 0.15) is 5.82 Å². The summed E-state index contributed by atoms with van der Waals surface area (Å²) in [6.45, 7) is 0. The Balaban J connectivity index is 2.83. The Kier molecular flexibility index (Phi) is 3.99. The average molecular weight is 226 g/mol. The fourth-order valence-corrected chi connectivity index (χ4v) is 1.24. The number of carbonyl (C=O) groups is 2. The van der Waals surface area contributed by atoms with E-state index in [2.05, 4.69) is 4.74 Å². The molecule has 0 spiro atoms. The molecule has 1 aromatic carbocycles. The maximum Gasteiger partial charge on any atom is 0.337 e. The average Bonchev–Trinajstić information content (AvgIpc) is 2.26. The molecule has 0 amide bonds. The second-order valence-electron chi connectivity index (χ2n) is 3.19. The summed E-state index contributed by atoms with van der Waals surface area (Å²) < 4.78 is 17.8. The van der Waals surface area contributed by atoms with E-state index in [1.165, 1.54) is 19.2 Å². The van der Waals surface area contributed by atoms with Crippen LogP contribution in [0.15, 0.2) is 18.2 Å². The maximum absolute atomic E-state index is 13.4. The second kappa shape index (κ2) is 5.25. The molecule has 0 fully saturated rings. The third-order valence-electron chi connectivity index (χ3n) is 2.08. The summed E-state index contributed by atoms with van der Waals surface area (Å²) >= 11 is 0. The van der Waals surface area contributed by atoms with Crippen molar-refractivity contribution in [2.45, 2.75) is 12.8 Å². The van der Waals surface area contributed by atoms with E-state index < -0.39 is 17.8 Å². The van der Waals surface area contributed by atoms with Crippen LogP contribution in [-0.2, 0) is 16.0 Å². The molecule has 1 rings (SSSR count). The van der Waals surface area contributed by atoms with Crippen molar-refractivity contribution in [1.82, 2.24) is 0 Å². The molecule has 0 aliphatic rings. The van der Waals surface area contributed by atoms with Gasteiger partial charge in [-0.25, -0.2) is 9.18 Å². The van der Waals surface area contributed by atoms with Crippen molar-refractivity contribution in [1.29, 1.82) is 0 Å². The second-order valence-corrected chi connectivity index (χ2v) is 3.19. The number of methoxy groups -OCH3 is 1. The van der Waals surface area contributed by atoms with Crippen LogP contribution >= 0.6 is 0 Å². The number of ether oxygens (including phenoxy) is 1. The van der Waals surface area contributed by atoms with E-state index in [4.69, 9.17) is 5.11 Å². The van der Waals surface area contributed by atoms with Crippen LogP contribution in [-0.4, -0.2) is 24.2 Å². The standard InChI is InChI=1S/C11H11FO4/c1-16-11(15)8-3-2-7(9(12)6-8)4-5-10(13)14/h2-3,6H,4-5H2,1H3,(H,13,14). The highest BCUT2D eigenvalue weighted by atomic mass is 19.1. The minimum absolute atomic E-state index is 0.0998. The number of rotatable bonds is 4. The van der Waals surface area contributed by atoms with Gasteiger partial charge in [-0.2, -0.15) is 0 Å². The van der Waals surface area contributed by atoms with Crippen molar-refractivity contribution >= 4 is 11.9 Å². The molecule has 4 nitrogen and oxygen atoms in total. The SMILES string of the molecule is COC(=O)c1ccc(CCC(=O)O)c(F)c1. The fourth-order valence-electron chi connectivity index (χ4n) is 1.24. The molecule has 0 saturated carbocycles. The normalized spacial score (nSPS) is 9.88. The van der Waals surface area contributed by atoms with Crippen LogP contribution in [0.3, 0.4) is 0 Å². The van der Waals surface area contributed by atoms with Gasteiger partial charge in [0, 0.05) is 6.42 Å². The van der Waals surface area contributed by atoms with Gasteiger partial charge in [0.25, 0.3) is 0 Å². The van der Waals surface area contributed by atoms with Crippen molar-refractivity contribution in [2.24, 2.45) is 0 Å². The molecular weight excluding hydrogens is 215 g/mol. The Hall–Kier alpha value is -1.91. The quantitative estimate of drug-likeness (QED) is 0.792. The number of aliphatic carboxylic acids is 1. The first-order valence-corrected chi connectivity index (χ1v) is 4.63. The molecule has 0 bridgehead atoms. The summed E-state index contributed by atoms with van der Waals surface area (Å²) in [7, 11) is 1.21. The Labute approximate surface area is 91.7 Å². The smallest absolute Gasteiger partial charge is 0.337 e. The first kappa shape index (κ1) is 12.2. The summed E-state index contributed by atoms with van der Waals surface area (Å²) in [6.07, 6.45) is -0.0445. The van der Waals surface area contributed by atoms with Gasteiger partial charge in [0.2, 0.25) is 0 Å². The van der Waals surface area contributed by atoms with Crippen molar-refractivity contribution in [3.05, 3.63) is 35.1 Å². The lowest BCUT2D eigenvalue weighted by molar-refractivity contribution is -0.136. The van der Waals surface area contributed by atoms with E-state index in [0.29, 0.717) is 0 Å². The van der Waals surface area contributed by atoms with Crippen LogP contribution in [0.25, 0.3) is 0 Å². The van der Waals surface area contributed by atoms with Crippen molar-refractivity contribution in [3.63, 3.8) is 0 Å². The third-order valence-corrected chi connectivity index (χ3v) is 2.08. The van der Waals surface area contributed by atoms with E-state index >= 15 is 0 Å². The number of esters is 1. The molecule has 0 atom stereocenters. The van der Waals surface area contributed by atoms with E-state index in [0.717, 1.165) is 6.07 Å². The number of hydrogen-bond acceptors (Lipinski definition) is 3. The molecular formula is C11H11FO4. The minimum atomic E-state index is -0.989. The van der Waals surface area contributed by atoms with E-state index in [1.807, 2.05) is 0 Å². The van der Waals surface area contributed by atoms with Crippen LogP contribution < -0.4 is 0 Å². The van der Waals surface area contributed by atoms with Crippen LogP contribution in [0.2, 0.25) is 0 Å². The number of carbonyl (C=O) groups excluding carboxylic acids is 1. The van der Waals surface area contributed by atoms with Crippen LogP contribution in [0.4, 0.5) is 4.39 Å². The largest absolute Gasteiger partial charge is 0.481 e. The van der Waals surface area contributed by atoms with Gasteiger partial charge in [-0.3, -0.25) is 4.79 Å². The lowest BCUT2D eigenvalue weighted by Gasteiger charge is -2.03. The Morgan fingerprint density at radius 1 is 1.44 bits per heavy atom. The summed E-state index contributed by atoms with van der Waals surface area (Å²) in [4.78, 5) is 21.4. The number of carboxylic acid groups (broad SMARTS) is 1. The predicted molar refractivity (Wildman–Crippen MR) is 53.7 cm³/mol. The van der Waals surface area contributed by atoms with Gasteiger partial charge in [0.05, 0.1) is 12.7 Å². The van der Waals surface area contributed by atoms with Crippen molar-refractivity contribution in [3.8, 4) is 0 Å². The van der Waals surface area contributed by atoms with E-state index in [1.54, 1.807) is 0 Å². The molecule has 86 valence electrons. The number of hydrogen-bond donors (Lipinski definition) is 1. The summed E-state index contributed by atoms with van der Waals surface area (Å²) in [5.41, 5.74) is 0.383. The van der Waals surface area contributed by atoms with Crippen LogP contribution in [0.1, 0.15) is 22.3 Å². The van der Waals surface area contributed by atoms with Crippen LogP contribution in [0, 0.1) is 5.82 Å². The monoisotopic (exact) mass is 226 g/mol. The molecule has 0 saturated heterocycles. The number of benzene rings is 1. The van der Waals surface area contributed by atoms with Gasteiger partial charge in [0.15, 0.2) is 0 Å². The van der Waals surface area contributed by atoms with Gasteiger partial charge < -0.3 is 9.84 Å². The van der Waals surface area contributed by atoms with Crippen LogP contribution in [0.5, 0.6) is 0 Å². The highest BCUT2D eigenvalue weighted by Crippen LogP contribution is 2.13. The first-order valence-electron chi connectivity index (χ1n) is 4.63. The third kappa shape index (κ3) is 3.05. The maximum atomic E-state index is 13.4. The lowest BCUT2D eigenvalue weighted by Crippen LogP contribution is -2.04. The zero-order valence-electron chi connectivity index (χ0n) is 8.70. The van der Waals surface area contributed by atoms with Crippen molar-refractivity contribution < 1.29 is 23.8 Å². The molecule has 0 aliphatic carbocycles. The predicted octanol–water partition coefficient (Wildman–Crippen LogP) is 1.63. The van der Waals surface area contributed by atoms with Gasteiger partial charge in [-0.1, -0.05) is 6.07 Å². The zero-order chi connectivity index (χ0) is 12.1. The molecule has 0 heterocycles. The number of carboxylic acids is 1. The van der Waals surface area contributed by atoms with Crippen molar-refractivity contribution in [2.75, 3.05) is 7.11 Å². The summed E-state index contributed by atoms with van der Waals surface area (Å²) in [6, 6.07) is 3.85. The highest BCUT2D eigenvalue weighted by molar-refractivity contribution is 5.89. The van der Waals surface area contributed by atoms with Gasteiger partial charge in [-0.05, 0) is 24.1 Å². The topological polar surface area (TPSA) is 63.6 Å². The lowest BCUT2D eigenvalue weighted by atomic mass is 10.1. The molecule has 16 heavy (non-hydrogen) atoms. The highest BCUT2D eigenvalue weighted by Gasteiger charge is 2.10. The van der Waals surface area contributed by atoms with E-state index in [-0.39, 0.29) is 24.0 Å². The zero-order valence-corrected chi connectivity index (χ0v) is 8.70. The molecule has 0 aliphatic heterocycles. The Morgan fingerprint density at radius 2 is 2.12 bits per heavy atom. The molecule has 0 aromatic heterocycles. The molecule has 1 aromatic rings. The summed E-state index contributed by atoms with van der Waals surface area (Å²) in [5.74, 6) is -2.20. The fraction of sp³-hybridized carbons (Fsp3) is 0.273. The molecule has 5 heteroatoms. The minimum Gasteiger partial charge on any atom is -0.481 e. The number of halogens is 1. The molecule has 0 radical (unpaired) electrons. The summed E-state index contributed by atoms with van der Waals surface area (Å²) in [5, 5.41) is 8.45. The Morgan fingerprint density at radius 3 is 2.62 bits per heavy atom. The molecule has 0 unspecified atom stereocenters. The Bertz CT molecular complexity index is 414. The van der Waals surface area contributed by atoms with Gasteiger partial charge >= 0.3 is 11.9 Å². The number of aryl methyl sites for hydroxylation is 1. The van der Waals surface area contributed by atoms with E-state index in [9.17, 15) is 14.0 Å².